The molecule has 0 radical (unpaired) electrons. The van der Waals surface area contributed by atoms with Gasteiger partial charge in [-0.15, -0.1) is 0 Å². The molecule has 2 nitrogen and oxygen atoms in total. The highest BCUT2D eigenvalue weighted by atomic mass is 32.2. The molecule has 0 aliphatic heterocycles. The molecule has 2 aromatic carbocycles. The molecule has 0 atom stereocenters. The van der Waals surface area contributed by atoms with Gasteiger partial charge in [-0.05, 0) is 92.2 Å². The van der Waals surface area contributed by atoms with E-state index in [9.17, 15) is 10.2 Å². The molecule has 0 aromatic heterocycles. The first-order valence-corrected chi connectivity index (χ1v) is 17.4. The predicted octanol–water partition coefficient (Wildman–Crippen LogP) is 10.3. The molecule has 2 N–H and O–H groups in total. The first kappa shape index (κ1) is 34.9. The number of hydrogen-bond donors (Lipinski definition) is 2. The predicted molar refractivity (Wildman–Crippen MR) is 182 cm³/mol. The van der Waals surface area contributed by atoms with Crippen LogP contribution in [0.5, 0.6) is 11.5 Å². The van der Waals surface area contributed by atoms with Crippen molar-refractivity contribution in [3.8, 4) is 11.5 Å². The van der Waals surface area contributed by atoms with E-state index in [1.165, 1.54) is 47.0 Å². The summed E-state index contributed by atoms with van der Waals surface area (Å²) in [4.78, 5) is 0. The Balaban J connectivity index is 1.79. The van der Waals surface area contributed by atoms with Crippen LogP contribution in [-0.4, -0.2) is 33.2 Å². The number of aryl methyl sites for hydroxylation is 2. The van der Waals surface area contributed by atoms with Crippen LogP contribution in [0, 0.1) is 0 Å². The Labute approximate surface area is 255 Å². The number of rotatable bonds is 11. The summed E-state index contributed by atoms with van der Waals surface area (Å²) in [5.74, 6) is 5.70. The maximum Gasteiger partial charge on any atom is 0.123 e. The minimum atomic E-state index is -0.0713. The lowest BCUT2D eigenvalue weighted by Crippen LogP contribution is -2.18. The zero-order valence-corrected chi connectivity index (χ0v) is 29.3. The Morgan fingerprint density at radius 2 is 0.700 bits per heavy atom. The third kappa shape index (κ3) is 10.2. The zero-order valence-electron chi connectivity index (χ0n) is 27.7. The molecule has 0 saturated heterocycles. The quantitative estimate of drug-likeness (QED) is 0.257. The van der Waals surface area contributed by atoms with Crippen molar-refractivity contribution in [1.82, 2.24) is 0 Å². The number of phenolic OH excluding ortho intramolecular Hbond substituents is 2. The van der Waals surface area contributed by atoms with Crippen LogP contribution in [0.4, 0.5) is 0 Å². The normalized spacial score (nSPS) is 13.2. The van der Waals surface area contributed by atoms with Gasteiger partial charge in [0.1, 0.15) is 11.5 Å². The van der Waals surface area contributed by atoms with Crippen molar-refractivity contribution < 1.29 is 10.2 Å². The van der Waals surface area contributed by atoms with Crippen molar-refractivity contribution in [1.29, 1.82) is 0 Å². The van der Waals surface area contributed by atoms with Crippen molar-refractivity contribution in [3.05, 3.63) is 57.6 Å². The molecule has 0 unspecified atom stereocenters. The molecule has 0 aliphatic rings. The number of hydrogen-bond acceptors (Lipinski definition) is 4. The van der Waals surface area contributed by atoms with Gasteiger partial charge in [0.05, 0.1) is 0 Å². The van der Waals surface area contributed by atoms with Gasteiger partial charge >= 0.3 is 0 Å². The van der Waals surface area contributed by atoms with E-state index in [4.69, 9.17) is 0 Å². The van der Waals surface area contributed by atoms with E-state index in [0.29, 0.717) is 11.5 Å². The van der Waals surface area contributed by atoms with E-state index in [1.54, 1.807) is 0 Å². The summed E-state index contributed by atoms with van der Waals surface area (Å²) >= 11 is 4.13. The van der Waals surface area contributed by atoms with E-state index < -0.39 is 0 Å². The lowest BCUT2D eigenvalue weighted by molar-refractivity contribution is 0.421. The Bertz CT molecular complexity index is 946. The van der Waals surface area contributed by atoms with Gasteiger partial charge in [0.25, 0.3) is 0 Å². The molecule has 226 valence electrons. The summed E-state index contributed by atoms with van der Waals surface area (Å²) in [5, 5.41) is 21.9. The van der Waals surface area contributed by atoms with Gasteiger partial charge in [-0.1, -0.05) is 107 Å². The van der Waals surface area contributed by atoms with Crippen LogP contribution in [-0.2, 0) is 34.5 Å². The summed E-state index contributed by atoms with van der Waals surface area (Å²) in [5.41, 5.74) is 6.67. The molecule has 0 spiro atoms. The fourth-order valence-corrected chi connectivity index (χ4v) is 7.09. The fourth-order valence-electron chi connectivity index (χ4n) is 5.04. The minimum absolute atomic E-state index is 0.0713. The number of benzene rings is 2. The van der Waals surface area contributed by atoms with E-state index in [2.05, 4.69) is 131 Å². The van der Waals surface area contributed by atoms with Crippen LogP contribution in [0.1, 0.15) is 129 Å². The van der Waals surface area contributed by atoms with Crippen molar-refractivity contribution in [2.45, 2.75) is 130 Å². The van der Waals surface area contributed by atoms with E-state index >= 15 is 0 Å². The fraction of sp³-hybridized carbons (Fsp3) is 0.667. The van der Waals surface area contributed by atoms with Crippen molar-refractivity contribution in [2.75, 3.05) is 23.0 Å². The average molecular weight is 587 g/mol. The minimum Gasteiger partial charge on any atom is -0.507 e. The molecule has 0 saturated carbocycles. The zero-order chi connectivity index (χ0) is 30.5. The second-order valence-electron chi connectivity index (χ2n) is 15.5. The van der Waals surface area contributed by atoms with Gasteiger partial charge in [0.2, 0.25) is 0 Å². The first-order valence-electron chi connectivity index (χ1n) is 15.1. The topological polar surface area (TPSA) is 40.5 Å². The van der Waals surface area contributed by atoms with Gasteiger partial charge in [-0.25, -0.2) is 0 Å². The smallest absolute Gasteiger partial charge is 0.123 e. The van der Waals surface area contributed by atoms with Gasteiger partial charge in [0.15, 0.2) is 0 Å². The van der Waals surface area contributed by atoms with Gasteiger partial charge in [0, 0.05) is 11.5 Å². The summed E-state index contributed by atoms with van der Waals surface area (Å²) in [6.07, 6.45) is 4.46. The molecular formula is C36H58O2S2. The largest absolute Gasteiger partial charge is 0.507 e. The van der Waals surface area contributed by atoms with Crippen LogP contribution in [0.15, 0.2) is 24.3 Å². The third-order valence-corrected chi connectivity index (χ3v) is 9.85. The number of phenols is 2. The highest BCUT2D eigenvalue weighted by molar-refractivity contribution is 8.02. The first-order chi connectivity index (χ1) is 18.2. The summed E-state index contributed by atoms with van der Waals surface area (Å²) in [7, 11) is 0. The second-order valence-corrected chi connectivity index (χ2v) is 18.0. The molecule has 0 bridgehead atoms. The monoisotopic (exact) mass is 586 g/mol. The third-order valence-electron chi connectivity index (χ3n) is 7.45. The SMILES string of the molecule is CC(C)(C)c1cc(CCCSCCSCCCc2cc(C(C)(C)C)c(O)c(C(C)(C)C)c2)cc(C(C)(C)C)c1O. The molecule has 0 fully saturated rings. The average Bonchev–Trinajstić information content (AvgIpc) is 2.78. The highest BCUT2D eigenvalue weighted by Crippen LogP contribution is 2.41. The van der Waals surface area contributed by atoms with E-state index in [-0.39, 0.29) is 21.7 Å². The maximum absolute atomic E-state index is 11.0. The van der Waals surface area contributed by atoms with Crippen molar-refractivity contribution >= 4 is 23.5 Å². The van der Waals surface area contributed by atoms with Crippen LogP contribution >= 0.6 is 23.5 Å². The molecule has 0 aliphatic carbocycles. The van der Waals surface area contributed by atoms with Crippen molar-refractivity contribution in [2.24, 2.45) is 0 Å². The molecule has 2 aromatic rings. The molecule has 0 amide bonds. The summed E-state index contributed by atoms with van der Waals surface area (Å²) < 4.78 is 0. The van der Waals surface area contributed by atoms with E-state index in [1.807, 2.05) is 0 Å². The number of aromatic hydroxyl groups is 2. The molecule has 2 rings (SSSR count). The van der Waals surface area contributed by atoms with Gasteiger partial charge < -0.3 is 10.2 Å². The Morgan fingerprint density at radius 1 is 0.450 bits per heavy atom. The number of thioether (sulfide) groups is 2. The van der Waals surface area contributed by atoms with Crippen LogP contribution in [0.25, 0.3) is 0 Å². The highest BCUT2D eigenvalue weighted by Gasteiger charge is 2.27. The lowest BCUT2D eigenvalue weighted by atomic mass is 9.78. The van der Waals surface area contributed by atoms with E-state index in [0.717, 1.165) is 35.1 Å². The Morgan fingerprint density at radius 3 is 0.925 bits per heavy atom. The Kier molecular flexibility index (Phi) is 12.1. The molecule has 4 heteroatoms. The Hall–Kier alpha value is -1.26. The summed E-state index contributed by atoms with van der Waals surface area (Å²) in [6, 6.07) is 8.92. The molecule has 0 heterocycles. The standard InChI is InChI=1S/C36H58O2S2/c1-33(2,3)27-21-25(22-28(31(27)37)34(4,5)6)15-13-17-39-19-20-40-18-14-16-26-23-29(35(7,8)9)32(38)30(24-26)36(10,11)12/h21-24,37-38H,13-20H2,1-12H3. The van der Waals surface area contributed by atoms with Gasteiger partial charge in [-0.2, -0.15) is 23.5 Å². The molecule has 40 heavy (non-hydrogen) atoms. The van der Waals surface area contributed by atoms with Gasteiger partial charge in [-0.3, -0.25) is 0 Å². The summed E-state index contributed by atoms with van der Waals surface area (Å²) in [6.45, 7) is 26.2. The van der Waals surface area contributed by atoms with Crippen LogP contribution in [0.2, 0.25) is 0 Å². The lowest BCUT2D eigenvalue weighted by Gasteiger charge is -2.28. The second kappa shape index (κ2) is 13.8. The maximum atomic E-state index is 11.0. The van der Waals surface area contributed by atoms with Crippen LogP contribution < -0.4 is 0 Å². The van der Waals surface area contributed by atoms with Crippen LogP contribution in [0.3, 0.4) is 0 Å². The van der Waals surface area contributed by atoms with Crippen molar-refractivity contribution in [3.63, 3.8) is 0 Å². The molecular weight excluding hydrogens is 529 g/mol.